The molecule has 0 unspecified atom stereocenters. The van der Waals surface area contributed by atoms with Crippen molar-refractivity contribution >= 4 is 11.6 Å². The van der Waals surface area contributed by atoms with E-state index in [4.69, 9.17) is 11.6 Å². The minimum Gasteiger partial charge on any atom is -0.236 e. The Labute approximate surface area is 93.7 Å². The van der Waals surface area contributed by atoms with Gasteiger partial charge < -0.3 is 0 Å². The molecule has 0 atom stereocenters. The van der Waals surface area contributed by atoms with Gasteiger partial charge in [-0.15, -0.1) is 0 Å². The SMILES string of the molecule is Fc1cc(F)c(-c2cc(Cl)ncn2)c(F)c1. The Hall–Kier alpha value is -1.62. The van der Waals surface area contributed by atoms with Crippen molar-refractivity contribution < 1.29 is 13.2 Å². The minimum absolute atomic E-state index is 0.0324. The number of rotatable bonds is 1. The van der Waals surface area contributed by atoms with E-state index in [-0.39, 0.29) is 10.8 Å². The maximum absolute atomic E-state index is 13.3. The smallest absolute Gasteiger partial charge is 0.138 e. The first kappa shape index (κ1) is 10.9. The number of hydrogen-bond donors (Lipinski definition) is 0. The largest absolute Gasteiger partial charge is 0.236 e. The second kappa shape index (κ2) is 4.09. The molecular weight excluding hydrogens is 241 g/mol. The highest BCUT2D eigenvalue weighted by molar-refractivity contribution is 6.29. The molecule has 1 aromatic carbocycles. The van der Waals surface area contributed by atoms with Crippen molar-refractivity contribution in [1.82, 2.24) is 9.97 Å². The van der Waals surface area contributed by atoms with E-state index in [0.29, 0.717) is 12.1 Å². The van der Waals surface area contributed by atoms with Gasteiger partial charge in [0.2, 0.25) is 0 Å². The van der Waals surface area contributed by atoms with Crippen LogP contribution in [0.2, 0.25) is 5.15 Å². The fourth-order valence-corrected chi connectivity index (χ4v) is 1.40. The molecule has 0 saturated carbocycles. The molecule has 82 valence electrons. The molecule has 2 aromatic rings. The van der Waals surface area contributed by atoms with Crippen LogP contribution in [0.3, 0.4) is 0 Å². The maximum Gasteiger partial charge on any atom is 0.138 e. The summed E-state index contributed by atoms with van der Waals surface area (Å²) in [5.74, 6) is -3.06. The van der Waals surface area contributed by atoms with Crippen LogP contribution >= 0.6 is 11.6 Å². The summed E-state index contributed by atoms with van der Waals surface area (Å²) in [5, 5.41) is 0.0492. The predicted octanol–water partition coefficient (Wildman–Crippen LogP) is 3.21. The maximum atomic E-state index is 13.3. The Bertz CT molecular complexity index is 522. The predicted molar refractivity (Wildman–Crippen MR) is 52.4 cm³/mol. The summed E-state index contributed by atoms with van der Waals surface area (Å²) >= 11 is 5.56. The fourth-order valence-electron chi connectivity index (χ4n) is 1.26. The Kier molecular flexibility index (Phi) is 2.78. The number of halogens is 4. The topological polar surface area (TPSA) is 25.8 Å². The first-order chi connectivity index (χ1) is 7.58. The van der Waals surface area contributed by atoms with Gasteiger partial charge in [0.05, 0.1) is 11.3 Å². The molecule has 6 heteroatoms. The molecule has 0 aliphatic carbocycles. The quantitative estimate of drug-likeness (QED) is 0.720. The van der Waals surface area contributed by atoms with Crippen LogP contribution in [0, 0.1) is 17.5 Å². The van der Waals surface area contributed by atoms with Gasteiger partial charge in [0, 0.05) is 18.2 Å². The van der Waals surface area contributed by atoms with Crippen LogP contribution in [0.5, 0.6) is 0 Å². The third-order valence-electron chi connectivity index (χ3n) is 1.90. The molecule has 1 heterocycles. The minimum atomic E-state index is -1.03. The van der Waals surface area contributed by atoms with Gasteiger partial charge in [0.1, 0.15) is 28.9 Å². The van der Waals surface area contributed by atoms with Gasteiger partial charge in [0.25, 0.3) is 0 Å². The number of benzene rings is 1. The molecule has 0 aliphatic heterocycles. The molecule has 0 aliphatic rings. The van der Waals surface area contributed by atoms with E-state index in [9.17, 15) is 13.2 Å². The zero-order valence-corrected chi connectivity index (χ0v) is 8.47. The lowest BCUT2D eigenvalue weighted by atomic mass is 10.1. The van der Waals surface area contributed by atoms with Crippen molar-refractivity contribution in [2.24, 2.45) is 0 Å². The zero-order valence-electron chi connectivity index (χ0n) is 7.72. The molecule has 0 amide bonds. The first-order valence-electron chi connectivity index (χ1n) is 4.20. The van der Waals surface area contributed by atoms with Gasteiger partial charge in [-0.25, -0.2) is 23.1 Å². The van der Waals surface area contributed by atoms with Gasteiger partial charge in [-0.2, -0.15) is 0 Å². The molecular formula is C10H4ClF3N2. The molecule has 0 fully saturated rings. The Morgan fingerprint density at radius 2 is 1.56 bits per heavy atom. The lowest BCUT2D eigenvalue weighted by Crippen LogP contribution is -1.95. The van der Waals surface area contributed by atoms with Crippen LogP contribution in [-0.2, 0) is 0 Å². The van der Waals surface area contributed by atoms with Gasteiger partial charge >= 0.3 is 0 Å². The molecule has 2 nitrogen and oxygen atoms in total. The highest BCUT2D eigenvalue weighted by Crippen LogP contribution is 2.26. The lowest BCUT2D eigenvalue weighted by molar-refractivity contribution is 0.547. The van der Waals surface area contributed by atoms with Crippen LogP contribution in [0.1, 0.15) is 0 Å². The summed E-state index contributed by atoms with van der Waals surface area (Å²) in [6, 6.07) is 2.35. The number of hydrogen-bond acceptors (Lipinski definition) is 2. The third kappa shape index (κ3) is 1.99. The number of nitrogens with zero attached hydrogens (tertiary/aromatic N) is 2. The molecule has 2 rings (SSSR count). The highest BCUT2D eigenvalue weighted by atomic mass is 35.5. The van der Waals surface area contributed by atoms with Gasteiger partial charge in [-0.1, -0.05) is 11.6 Å². The summed E-state index contributed by atoms with van der Waals surface area (Å²) in [6.45, 7) is 0. The van der Waals surface area contributed by atoms with Crippen molar-refractivity contribution in [2.75, 3.05) is 0 Å². The van der Waals surface area contributed by atoms with Crippen molar-refractivity contribution in [3.63, 3.8) is 0 Å². The van der Waals surface area contributed by atoms with Crippen molar-refractivity contribution in [3.8, 4) is 11.3 Å². The van der Waals surface area contributed by atoms with E-state index in [2.05, 4.69) is 9.97 Å². The summed E-state index contributed by atoms with van der Waals surface area (Å²) in [7, 11) is 0. The van der Waals surface area contributed by atoms with Gasteiger partial charge in [-0.3, -0.25) is 0 Å². The molecule has 0 radical (unpaired) electrons. The normalized spacial score (nSPS) is 10.5. The zero-order chi connectivity index (χ0) is 11.7. The Morgan fingerprint density at radius 3 is 2.12 bits per heavy atom. The van der Waals surface area contributed by atoms with Crippen LogP contribution in [0.25, 0.3) is 11.3 Å². The summed E-state index contributed by atoms with van der Waals surface area (Å²) in [5.41, 5.74) is -0.458. The molecule has 0 bridgehead atoms. The second-order valence-electron chi connectivity index (χ2n) is 2.97. The fraction of sp³-hybridized carbons (Fsp3) is 0. The van der Waals surface area contributed by atoms with Gasteiger partial charge in [-0.05, 0) is 0 Å². The van der Waals surface area contributed by atoms with Gasteiger partial charge in [0.15, 0.2) is 0 Å². The Balaban J connectivity index is 2.64. The van der Waals surface area contributed by atoms with Crippen LogP contribution in [-0.4, -0.2) is 9.97 Å². The standard InChI is InChI=1S/C10H4ClF3N2/c11-9-3-8(15-4-16-9)10-6(13)1-5(12)2-7(10)14/h1-4H. The van der Waals surface area contributed by atoms with E-state index < -0.39 is 23.0 Å². The van der Waals surface area contributed by atoms with Crippen LogP contribution < -0.4 is 0 Å². The van der Waals surface area contributed by atoms with Crippen LogP contribution in [0.4, 0.5) is 13.2 Å². The van der Waals surface area contributed by atoms with Crippen molar-refractivity contribution in [3.05, 3.63) is 47.1 Å². The highest BCUT2D eigenvalue weighted by Gasteiger charge is 2.15. The first-order valence-corrected chi connectivity index (χ1v) is 4.58. The van der Waals surface area contributed by atoms with E-state index in [1.54, 1.807) is 0 Å². The average molecular weight is 245 g/mol. The number of aromatic nitrogens is 2. The van der Waals surface area contributed by atoms with E-state index >= 15 is 0 Å². The molecule has 0 N–H and O–H groups in total. The Morgan fingerprint density at radius 1 is 0.938 bits per heavy atom. The summed E-state index contributed by atoms with van der Waals surface area (Å²) in [6.07, 6.45) is 1.07. The molecule has 16 heavy (non-hydrogen) atoms. The van der Waals surface area contributed by atoms with E-state index in [0.717, 1.165) is 6.33 Å². The molecule has 1 aromatic heterocycles. The summed E-state index contributed by atoms with van der Waals surface area (Å²) in [4.78, 5) is 7.24. The van der Waals surface area contributed by atoms with E-state index in [1.165, 1.54) is 6.07 Å². The van der Waals surface area contributed by atoms with Crippen molar-refractivity contribution in [1.29, 1.82) is 0 Å². The second-order valence-corrected chi connectivity index (χ2v) is 3.36. The third-order valence-corrected chi connectivity index (χ3v) is 2.10. The average Bonchev–Trinajstić information content (AvgIpc) is 2.15. The molecule has 0 spiro atoms. The lowest BCUT2D eigenvalue weighted by Gasteiger charge is -2.04. The molecule has 0 saturated heterocycles. The monoisotopic (exact) mass is 244 g/mol. The summed E-state index contributed by atoms with van der Waals surface area (Å²) < 4.78 is 39.4. The van der Waals surface area contributed by atoms with Crippen LogP contribution in [0.15, 0.2) is 24.5 Å². The van der Waals surface area contributed by atoms with Crippen molar-refractivity contribution in [2.45, 2.75) is 0 Å². The van der Waals surface area contributed by atoms with E-state index in [1.807, 2.05) is 0 Å².